The molecule has 136 valence electrons. The second-order valence-corrected chi connectivity index (χ2v) is 6.49. The van der Waals surface area contributed by atoms with Crippen molar-refractivity contribution < 1.29 is 18.0 Å². The summed E-state index contributed by atoms with van der Waals surface area (Å²) in [6, 6.07) is 4.72. The maximum Gasteiger partial charge on any atom is 0.416 e. The summed E-state index contributed by atoms with van der Waals surface area (Å²) in [5.74, 6) is 0.472. The second-order valence-electron chi connectivity index (χ2n) is 6.49. The van der Waals surface area contributed by atoms with Crippen molar-refractivity contribution in [3.05, 3.63) is 35.4 Å². The summed E-state index contributed by atoms with van der Waals surface area (Å²) in [4.78, 5) is 12.0. The van der Waals surface area contributed by atoms with E-state index in [2.05, 4.69) is 10.6 Å². The highest BCUT2D eigenvalue weighted by atomic mass is 35.5. The number of nitrogens with one attached hydrogen (secondary N) is 2. The Morgan fingerprint density at radius 3 is 2.50 bits per heavy atom. The minimum absolute atomic E-state index is 0. The molecule has 0 saturated heterocycles. The summed E-state index contributed by atoms with van der Waals surface area (Å²) in [5.41, 5.74) is -0.216. The summed E-state index contributed by atoms with van der Waals surface area (Å²) >= 11 is 0. The van der Waals surface area contributed by atoms with Gasteiger partial charge in [-0.1, -0.05) is 26.0 Å². The Kier molecular flexibility index (Phi) is 7.55. The van der Waals surface area contributed by atoms with Crippen LogP contribution in [0.2, 0.25) is 0 Å². The molecule has 0 radical (unpaired) electrons. The maximum absolute atomic E-state index is 12.8. The van der Waals surface area contributed by atoms with E-state index in [1.807, 2.05) is 13.8 Å². The quantitative estimate of drug-likeness (QED) is 0.769. The second kappa shape index (κ2) is 8.72. The lowest BCUT2D eigenvalue weighted by atomic mass is 9.94. The van der Waals surface area contributed by atoms with Crippen LogP contribution < -0.4 is 10.6 Å². The van der Waals surface area contributed by atoms with Gasteiger partial charge in [0.15, 0.2) is 0 Å². The molecular formula is C17H24ClF3N2O. The van der Waals surface area contributed by atoms with Crippen LogP contribution in [0.4, 0.5) is 13.2 Å². The first-order valence-corrected chi connectivity index (χ1v) is 7.94. The van der Waals surface area contributed by atoms with E-state index < -0.39 is 17.8 Å². The fourth-order valence-corrected chi connectivity index (χ4v) is 2.48. The topological polar surface area (TPSA) is 41.1 Å². The van der Waals surface area contributed by atoms with Crippen LogP contribution in [0.3, 0.4) is 0 Å². The van der Waals surface area contributed by atoms with Gasteiger partial charge in [0.25, 0.3) is 0 Å². The number of alkyl halides is 3. The van der Waals surface area contributed by atoms with Crippen LogP contribution in [0.15, 0.2) is 24.3 Å². The largest absolute Gasteiger partial charge is 0.416 e. The third-order valence-corrected chi connectivity index (χ3v) is 3.97. The van der Waals surface area contributed by atoms with Crippen molar-refractivity contribution in [1.82, 2.24) is 10.6 Å². The Morgan fingerprint density at radius 1 is 1.29 bits per heavy atom. The van der Waals surface area contributed by atoms with Gasteiger partial charge in [-0.2, -0.15) is 13.2 Å². The van der Waals surface area contributed by atoms with Gasteiger partial charge in [-0.15, -0.1) is 12.4 Å². The molecule has 1 aromatic carbocycles. The van der Waals surface area contributed by atoms with E-state index in [0.29, 0.717) is 11.5 Å². The summed E-state index contributed by atoms with van der Waals surface area (Å²) in [5, 5.41) is 5.92. The fourth-order valence-electron chi connectivity index (χ4n) is 2.48. The van der Waals surface area contributed by atoms with Gasteiger partial charge in [0.1, 0.15) is 0 Å². The monoisotopic (exact) mass is 364 g/mol. The molecule has 0 aliphatic heterocycles. The van der Waals surface area contributed by atoms with Gasteiger partial charge < -0.3 is 10.6 Å². The molecule has 1 fully saturated rings. The number of hydrogen-bond donors (Lipinski definition) is 2. The zero-order chi connectivity index (χ0) is 17.0. The van der Waals surface area contributed by atoms with Crippen LogP contribution >= 0.6 is 12.4 Å². The summed E-state index contributed by atoms with van der Waals surface area (Å²) in [6.07, 6.45) is -1.98. The van der Waals surface area contributed by atoms with E-state index in [0.717, 1.165) is 18.7 Å². The summed E-state index contributed by atoms with van der Waals surface area (Å²) < 4.78 is 38.5. The number of hydrogen-bond acceptors (Lipinski definition) is 2. The lowest BCUT2D eigenvalue weighted by Gasteiger charge is -2.24. The Bertz CT molecular complexity index is 545. The molecule has 0 aromatic heterocycles. The van der Waals surface area contributed by atoms with Gasteiger partial charge in [0, 0.05) is 0 Å². The molecule has 24 heavy (non-hydrogen) atoms. The van der Waals surface area contributed by atoms with Crippen molar-refractivity contribution in [1.29, 1.82) is 0 Å². The highest BCUT2D eigenvalue weighted by Gasteiger charge is 2.31. The highest BCUT2D eigenvalue weighted by molar-refractivity contribution is 5.85. The smallest absolute Gasteiger partial charge is 0.348 e. The van der Waals surface area contributed by atoms with Crippen molar-refractivity contribution in [2.24, 2.45) is 11.8 Å². The third kappa shape index (κ3) is 6.32. The number of amides is 1. The van der Waals surface area contributed by atoms with Gasteiger partial charge in [-0.3, -0.25) is 4.79 Å². The molecule has 2 rings (SSSR count). The average Bonchev–Trinajstić information content (AvgIpc) is 3.28. The van der Waals surface area contributed by atoms with Crippen LogP contribution in [0.25, 0.3) is 0 Å². The molecular weight excluding hydrogens is 341 g/mol. The third-order valence-electron chi connectivity index (χ3n) is 3.97. The first-order chi connectivity index (χ1) is 10.8. The van der Waals surface area contributed by atoms with Crippen molar-refractivity contribution in [2.45, 2.75) is 38.9 Å². The number of benzene rings is 1. The number of carbonyl (C=O) groups is 1. The van der Waals surface area contributed by atoms with Crippen molar-refractivity contribution in [3.8, 4) is 0 Å². The van der Waals surface area contributed by atoms with E-state index in [-0.39, 0.29) is 30.8 Å². The average molecular weight is 365 g/mol. The Labute approximate surface area is 146 Å². The van der Waals surface area contributed by atoms with Crippen LogP contribution in [-0.2, 0) is 11.0 Å². The predicted octanol–water partition coefficient (Wildman–Crippen LogP) is 3.94. The molecule has 1 aliphatic carbocycles. The normalized spacial score (nSPS) is 15.8. The number of carbonyl (C=O) groups excluding carboxylic acids is 1. The molecule has 1 atom stereocenters. The molecule has 7 heteroatoms. The molecule has 1 aliphatic rings. The van der Waals surface area contributed by atoms with Crippen LogP contribution in [-0.4, -0.2) is 19.0 Å². The molecule has 0 bridgehead atoms. The first-order valence-electron chi connectivity index (χ1n) is 7.94. The zero-order valence-electron chi connectivity index (χ0n) is 13.8. The number of halogens is 4. The SMILES string of the molecule is CC(C)C(NC(=O)CNCC1CC1)c1cccc(C(F)(F)F)c1.Cl. The predicted molar refractivity (Wildman–Crippen MR) is 90.0 cm³/mol. The fraction of sp³-hybridized carbons (Fsp3) is 0.588. The summed E-state index contributed by atoms with van der Waals surface area (Å²) in [7, 11) is 0. The molecule has 0 spiro atoms. The number of rotatable bonds is 7. The molecule has 2 N–H and O–H groups in total. The standard InChI is InChI=1S/C17H23F3N2O.ClH/c1-11(2)16(22-15(23)10-21-9-12-6-7-12)13-4-3-5-14(8-13)17(18,19)20;/h3-5,8,11-12,16,21H,6-7,9-10H2,1-2H3,(H,22,23);1H. The van der Waals surface area contributed by atoms with E-state index in [4.69, 9.17) is 0 Å². The van der Waals surface area contributed by atoms with Gasteiger partial charge in [0.05, 0.1) is 18.2 Å². The van der Waals surface area contributed by atoms with E-state index in [1.54, 1.807) is 6.07 Å². The zero-order valence-corrected chi connectivity index (χ0v) is 14.6. The lowest BCUT2D eigenvalue weighted by molar-refractivity contribution is -0.137. The van der Waals surface area contributed by atoms with Gasteiger partial charge >= 0.3 is 6.18 Å². The van der Waals surface area contributed by atoms with Crippen LogP contribution in [0, 0.1) is 11.8 Å². The highest BCUT2D eigenvalue weighted by Crippen LogP contribution is 2.32. The molecule has 1 saturated carbocycles. The van der Waals surface area contributed by atoms with Crippen molar-refractivity contribution in [2.75, 3.05) is 13.1 Å². The van der Waals surface area contributed by atoms with E-state index >= 15 is 0 Å². The van der Waals surface area contributed by atoms with E-state index in [1.165, 1.54) is 18.9 Å². The van der Waals surface area contributed by atoms with E-state index in [9.17, 15) is 18.0 Å². The molecule has 1 unspecified atom stereocenters. The Hall–Kier alpha value is -1.27. The van der Waals surface area contributed by atoms with Crippen molar-refractivity contribution >= 4 is 18.3 Å². The van der Waals surface area contributed by atoms with Gasteiger partial charge in [-0.05, 0) is 48.9 Å². The maximum atomic E-state index is 12.8. The minimum Gasteiger partial charge on any atom is -0.348 e. The molecule has 1 aromatic rings. The van der Waals surface area contributed by atoms with Gasteiger partial charge in [-0.25, -0.2) is 0 Å². The molecule has 0 heterocycles. The summed E-state index contributed by atoms with van der Waals surface area (Å²) in [6.45, 7) is 4.77. The first kappa shape index (κ1) is 20.8. The van der Waals surface area contributed by atoms with Crippen LogP contribution in [0.1, 0.15) is 43.9 Å². The molecule has 1 amide bonds. The Morgan fingerprint density at radius 2 is 1.96 bits per heavy atom. The minimum atomic E-state index is -4.38. The van der Waals surface area contributed by atoms with Crippen molar-refractivity contribution in [3.63, 3.8) is 0 Å². The lowest BCUT2D eigenvalue weighted by Crippen LogP contribution is -2.38. The van der Waals surface area contributed by atoms with Gasteiger partial charge in [0.2, 0.25) is 5.91 Å². The Balaban J connectivity index is 0.00000288. The van der Waals surface area contributed by atoms with Crippen LogP contribution in [0.5, 0.6) is 0 Å². The molecule has 3 nitrogen and oxygen atoms in total.